The van der Waals surface area contributed by atoms with Crippen molar-refractivity contribution in [3.63, 3.8) is 0 Å². The molecule has 2 atom stereocenters. The topological polar surface area (TPSA) is 66.9 Å². The molecular formula is C18H26N2O4S. The van der Waals surface area contributed by atoms with Crippen LogP contribution in [0.25, 0.3) is 0 Å². The Kier molecular flexibility index (Phi) is 5.46. The summed E-state index contributed by atoms with van der Waals surface area (Å²) in [6, 6.07) is 6.42. The minimum atomic E-state index is -3.53. The van der Waals surface area contributed by atoms with Crippen molar-refractivity contribution in [3.8, 4) is 0 Å². The van der Waals surface area contributed by atoms with E-state index in [1.54, 1.807) is 23.1 Å². The van der Waals surface area contributed by atoms with Crippen LogP contribution in [-0.2, 0) is 14.8 Å². The molecule has 1 aromatic rings. The summed E-state index contributed by atoms with van der Waals surface area (Å²) >= 11 is 0. The van der Waals surface area contributed by atoms with Crippen molar-refractivity contribution in [1.29, 1.82) is 0 Å². The van der Waals surface area contributed by atoms with Crippen LogP contribution >= 0.6 is 0 Å². The number of ether oxygens (including phenoxy) is 1. The van der Waals surface area contributed by atoms with Gasteiger partial charge in [0, 0.05) is 31.7 Å². The Morgan fingerprint density at radius 2 is 1.72 bits per heavy atom. The molecule has 0 unspecified atom stereocenters. The minimum absolute atomic E-state index is 0.0204. The van der Waals surface area contributed by atoms with Gasteiger partial charge < -0.3 is 9.64 Å². The summed E-state index contributed by atoms with van der Waals surface area (Å²) in [6.07, 6.45) is 2.81. The number of hydrogen-bond donors (Lipinski definition) is 0. The minimum Gasteiger partial charge on any atom is -0.372 e. The monoisotopic (exact) mass is 366 g/mol. The summed E-state index contributed by atoms with van der Waals surface area (Å²) in [5.41, 5.74) is 0.416. The largest absolute Gasteiger partial charge is 0.372 e. The first-order chi connectivity index (χ1) is 11.9. The van der Waals surface area contributed by atoms with E-state index in [1.165, 1.54) is 10.4 Å². The highest BCUT2D eigenvalue weighted by Gasteiger charge is 2.29. The smallest absolute Gasteiger partial charge is 0.254 e. The van der Waals surface area contributed by atoms with E-state index < -0.39 is 10.0 Å². The Balaban J connectivity index is 1.82. The number of carbonyl (C=O) groups excluding carboxylic acids is 1. The Morgan fingerprint density at radius 3 is 2.36 bits per heavy atom. The third kappa shape index (κ3) is 4.04. The average Bonchev–Trinajstić information content (AvgIpc) is 2.61. The lowest BCUT2D eigenvalue weighted by Gasteiger charge is -2.35. The predicted molar refractivity (Wildman–Crippen MR) is 95.0 cm³/mol. The molecule has 2 heterocycles. The Morgan fingerprint density at radius 1 is 1.08 bits per heavy atom. The molecule has 1 aromatic carbocycles. The number of amides is 1. The fourth-order valence-electron chi connectivity index (χ4n) is 3.57. The molecule has 138 valence electrons. The molecule has 2 aliphatic rings. The van der Waals surface area contributed by atoms with Gasteiger partial charge in [0.15, 0.2) is 0 Å². The van der Waals surface area contributed by atoms with E-state index in [0.29, 0.717) is 31.7 Å². The van der Waals surface area contributed by atoms with E-state index in [9.17, 15) is 13.2 Å². The lowest BCUT2D eigenvalue weighted by Crippen LogP contribution is -2.48. The highest BCUT2D eigenvalue weighted by molar-refractivity contribution is 7.89. The van der Waals surface area contributed by atoms with E-state index >= 15 is 0 Å². The van der Waals surface area contributed by atoms with Crippen molar-refractivity contribution in [2.45, 2.75) is 50.2 Å². The van der Waals surface area contributed by atoms with Crippen molar-refractivity contribution < 1.29 is 17.9 Å². The number of benzene rings is 1. The van der Waals surface area contributed by atoms with Gasteiger partial charge >= 0.3 is 0 Å². The second-order valence-electron chi connectivity index (χ2n) is 6.96. The molecule has 0 N–H and O–H groups in total. The van der Waals surface area contributed by atoms with Crippen molar-refractivity contribution >= 4 is 15.9 Å². The summed E-state index contributed by atoms with van der Waals surface area (Å²) in [6.45, 7) is 6.02. The van der Waals surface area contributed by atoms with Crippen LogP contribution in [0.4, 0.5) is 0 Å². The number of carbonyl (C=O) groups is 1. The molecule has 2 saturated heterocycles. The highest BCUT2D eigenvalue weighted by Crippen LogP contribution is 2.22. The normalized spacial score (nSPS) is 25.8. The summed E-state index contributed by atoms with van der Waals surface area (Å²) in [7, 11) is -3.53. The fraction of sp³-hybridized carbons (Fsp3) is 0.611. The third-order valence-corrected chi connectivity index (χ3v) is 6.64. The van der Waals surface area contributed by atoms with Crippen molar-refractivity contribution in [3.05, 3.63) is 29.8 Å². The Hall–Kier alpha value is -1.44. The maximum Gasteiger partial charge on any atom is 0.254 e. The number of rotatable bonds is 3. The maximum absolute atomic E-state index is 12.8. The van der Waals surface area contributed by atoms with Gasteiger partial charge in [0.2, 0.25) is 10.0 Å². The predicted octanol–water partition coefficient (Wildman–Crippen LogP) is 2.11. The lowest BCUT2D eigenvalue weighted by molar-refractivity contribution is -0.0586. The van der Waals surface area contributed by atoms with Crippen LogP contribution in [0, 0.1) is 0 Å². The number of morpholine rings is 1. The standard InChI is InChI=1S/C18H26N2O4S/c1-14-12-19(13-15(2)24-14)18(21)16-7-6-8-17(11-16)25(22,23)20-9-4-3-5-10-20/h6-8,11,14-15H,3-5,9-10,12-13H2,1-2H3/t14-,15+. The van der Waals surface area contributed by atoms with Crippen LogP contribution in [0.5, 0.6) is 0 Å². The van der Waals surface area contributed by atoms with Crippen molar-refractivity contribution in [2.75, 3.05) is 26.2 Å². The zero-order chi connectivity index (χ0) is 18.0. The van der Waals surface area contributed by atoms with E-state index in [2.05, 4.69) is 0 Å². The zero-order valence-corrected chi connectivity index (χ0v) is 15.7. The van der Waals surface area contributed by atoms with Gasteiger partial charge in [-0.3, -0.25) is 4.79 Å². The molecule has 0 radical (unpaired) electrons. The second-order valence-corrected chi connectivity index (χ2v) is 8.90. The Labute approximate surface area is 149 Å². The summed E-state index contributed by atoms with van der Waals surface area (Å²) in [4.78, 5) is 14.8. The molecule has 0 spiro atoms. The fourth-order valence-corrected chi connectivity index (χ4v) is 5.13. The second kappa shape index (κ2) is 7.43. The van der Waals surface area contributed by atoms with Gasteiger partial charge in [-0.15, -0.1) is 0 Å². The molecule has 6 nitrogen and oxygen atoms in total. The third-order valence-electron chi connectivity index (χ3n) is 4.74. The van der Waals surface area contributed by atoms with Gasteiger partial charge in [0.1, 0.15) is 0 Å². The average molecular weight is 366 g/mol. The summed E-state index contributed by atoms with van der Waals surface area (Å²) in [5.74, 6) is -0.141. The SMILES string of the molecule is C[C@@H]1CN(C(=O)c2cccc(S(=O)(=O)N3CCCCC3)c2)C[C@H](C)O1. The van der Waals surface area contributed by atoms with Crippen LogP contribution in [0.1, 0.15) is 43.5 Å². The number of piperidine rings is 1. The number of sulfonamides is 1. The maximum atomic E-state index is 12.8. The van der Waals surface area contributed by atoms with Crippen LogP contribution in [-0.4, -0.2) is 61.9 Å². The van der Waals surface area contributed by atoms with Gasteiger partial charge in [-0.2, -0.15) is 4.31 Å². The number of nitrogens with zero attached hydrogens (tertiary/aromatic N) is 2. The zero-order valence-electron chi connectivity index (χ0n) is 14.8. The van der Waals surface area contributed by atoms with Gasteiger partial charge in [-0.05, 0) is 44.9 Å². The van der Waals surface area contributed by atoms with Gasteiger partial charge in [-0.1, -0.05) is 12.5 Å². The molecule has 2 aliphatic heterocycles. The highest BCUT2D eigenvalue weighted by atomic mass is 32.2. The van der Waals surface area contributed by atoms with Gasteiger partial charge in [0.25, 0.3) is 5.91 Å². The van der Waals surface area contributed by atoms with Crippen molar-refractivity contribution in [1.82, 2.24) is 9.21 Å². The van der Waals surface area contributed by atoms with E-state index in [-0.39, 0.29) is 23.0 Å². The molecule has 0 aliphatic carbocycles. The molecule has 0 aromatic heterocycles. The van der Waals surface area contributed by atoms with E-state index in [0.717, 1.165) is 19.3 Å². The van der Waals surface area contributed by atoms with Crippen LogP contribution in [0.15, 0.2) is 29.2 Å². The van der Waals surface area contributed by atoms with Crippen molar-refractivity contribution in [2.24, 2.45) is 0 Å². The van der Waals surface area contributed by atoms with E-state index in [4.69, 9.17) is 4.74 Å². The molecule has 3 rings (SSSR count). The summed E-state index contributed by atoms with van der Waals surface area (Å²) < 4.78 is 32.8. The molecule has 7 heteroatoms. The first kappa shape index (κ1) is 18.4. The van der Waals surface area contributed by atoms with Gasteiger partial charge in [0.05, 0.1) is 17.1 Å². The van der Waals surface area contributed by atoms with Crippen LogP contribution in [0.2, 0.25) is 0 Å². The summed E-state index contributed by atoms with van der Waals surface area (Å²) in [5, 5.41) is 0. The number of hydrogen-bond acceptors (Lipinski definition) is 4. The molecular weight excluding hydrogens is 340 g/mol. The van der Waals surface area contributed by atoms with Crippen LogP contribution in [0.3, 0.4) is 0 Å². The molecule has 0 bridgehead atoms. The molecule has 1 amide bonds. The first-order valence-corrected chi connectivity index (χ1v) is 10.4. The van der Waals surface area contributed by atoms with Crippen LogP contribution < -0.4 is 0 Å². The van der Waals surface area contributed by atoms with E-state index in [1.807, 2.05) is 13.8 Å². The molecule has 0 saturated carbocycles. The quantitative estimate of drug-likeness (QED) is 0.822. The molecule has 25 heavy (non-hydrogen) atoms. The first-order valence-electron chi connectivity index (χ1n) is 8.93. The van der Waals surface area contributed by atoms with Gasteiger partial charge in [-0.25, -0.2) is 8.42 Å². The lowest BCUT2D eigenvalue weighted by atomic mass is 10.1. The molecule has 2 fully saturated rings. The Bertz CT molecular complexity index is 718.